The molecule has 1 rings (SSSR count). The molecule has 0 aliphatic heterocycles. The van der Waals surface area contributed by atoms with Crippen LogP contribution < -0.4 is 0 Å². The molecule has 0 aliphatic carbocycles. The van der Waals surface area contributed by atoms with Gasteiger partial charge in [0.1, 0.15) is 0 Å². The molecule has 0 radical (unpaired) electrons. The van der Waals surface area contributed by atoms with Crippen LogP contribution in [0.1, 0.15) is 11.1 Å². The van der Waals surface area contributed by atoms with Crippen LogP contribution in [0.5, 0.6) is 0 Å². The number of hydrogen-bond acceptors (Lipinski definition) is 3. The van der Waals surface area contributed by atoms with E-state index in [-0.39, 0.29) is 0 Å². The summed E-state index contributed by atoms with van der Waals surface area (Å²) in [6.07, 6.45) is 0. The molecule has 7 heteroatoms. The van der Waals surface area contributed by atoms with E-state index in [1.165, 1.54) is 12.1 Å². The van der Waals surface area contributed by atoms with E-state index < -0.39 is 22.2 Å². The lowest BCUT2D eigenvalue weighted by molar-refractivity contribution is -0.0547. The lowest BCUT2D eigenvalue weighted by atomic mass is 10.2. The van der Waals surface area contributed by atoms with Crippen molar-refractivity contribution >= 4 is 10.1 Å². The average Bonchev–Trinajstić information content (AvgIpc) is 2.15. The summed E-state index contributed by atoms with van der Waals surface area (Å²) in [6, 6.07) is 6.31. The van der Waals surface area contributed by atoms with E-state index in [1.807, 2.05) is 0 Å². The molecule has 0 aromatic heterocycles. The zero-order valence-corrected chi connectivity index (χ0v) is 9.10. The predicted molar refractivity (Wildman–Crippen MR) is 50.9 cm³/mol. The van der Waals surface area contributed by atoms with E-state index in [4.69, 9.17) is 0 Å². The highest BCUT2D eigenvalue weighted by Gasteiger charge is 2.47. The number of alkyl halides is 3. The summed E-state index contributed by atoms with van der Waals surface area (Å²) in [7, 11) is -5.51. The molecule has 0 amide bonds. The van der Waals surface area contributed by atoms with Crippen LogP contribution in [-0.4, -0.2) is 13.9 Å². The van der Waals surface area contributed by atoms with Gasteiger partial charge in [-0.3, -0.25) is 4.18 Å². The molecule has 0 saturated carbocycles. The van der Waals surface area contributed by atoms with Gasteiger partial charge in [0.25, 0.3) is 0 Å². The van der Waals surface area contributed by atoms with Crippen molar-refractivity contribution in [2.24, 2.45) is 0 Å². The van der Waals surface area contributed by atoms with E-state index in [0.29, 0.717) is 5.56 Å². The van der Waals surface area contributed by atoms with Crippen LogP contribution in [0.25, 0.3) is 0 Å². The Kier molecular flexibility index (Phi) is 3.59. The summed E-state index contributed by atoms with van der Waals surface area (Å²) < 4.78 is 60.6. The fourth-order valence-corrected chi connectivity index (χ4v) is 1.32. The number of rotatable bonds is 3. The van der Waals surface area contributed by atoms with Crippen LogP contribution in [0, 0.1) is 6.92 Å². The summed E-state index contributed by atoms with van der Waals surface area (Å²) in [5.41, 5.74) is -4.10. The maximum atomic E-state index is 11.9. The van der Waals surface area contributed by atoms with Crippen LogP contribution in [0.3, 0.4) is 0 Å². The molecular formula is C9H9F3O3S. The fourth-order valence-electron chi connectivity index (χ4n) is 0.897. The van der Waals surface area contributed by atoms with Crippen molar-refractivity contribution in [3.8, 4) is 0 Å². The second-order valence-electron chi connectivity index (χ2n) is 3.15. The van der Waals surface area contributed by atoms with Gasteiger partial charge in [-0.2, -0.15) is 21.6 Å². The first-order valence-electron chi connectivity index (χ1n) is 4.23. The molecular weight excluding hydrogens is 245 g/mol. The zero-order chi connectivity index (χ0) is 12.4. The lowest BCUT2D eigenvalue weighted by Crippen LogP contribution is -2.25. The molecule has 0 atom stereocenters. The summed E-state index contributed by atoms with van der Waals surface area (Å²) in [5, 5.41) is 0. The predicted octanol–water partition coefficient (Wildman–Crippen LogP) is 2.36. The first-order valence-corrected chi connectivity index (χ1v) is 5.64. The van der Waals surface area contributed by atoms with Gasteiger partial charge in [0.05, 0.1) is 6.61 Å². The first kappa shape index (κ1) is 13.0. The minimum atomic E-state index is -5.51. The average molecular weight is 254 g/mol. The standard InChI is InChI=1S/C9H9F3O3S/c1-7-2-4-8(5-3-7)6-15-16(13,14)9(10,11)12/h2-5H,6H2,1H3. The van der Waals surface area contributed by atoms with Crippen molar-refractivity contribution in [3.63, 3.8) is 0 Å². The molecule has 16 heavy (non-hydrogen) atoms. The number of aryl methyl sites for hydroxylation is 1. The number of benzene rings is 1. The lowest BCUT2D eigenvalue weighted by Gasteiger charge is -2.08. The molecule has 0 N–H and O–H groups in total. The zero-order valence-electron chi connectivity index (χ0n) is 8.28. The van der Waals surface area contributed by atoms with Crippen molar-refractivity contribution < 1.29 is 25.8 Å². The summed E-state index contributed by atoms with van der Waals surface area (Å²) >= 11 is 0. The third-order valence-electron chi connectivity index (χ3n) is 1.78. The Morgan fingerprint density at radius 1 is 1.19 bits per heavy atom. The smallest absolute Gasteiger partial charge is 0.258 e. The molecule has 1 aromatic rings. The fraction of sp³-hybridized carbons (Fsp3) is 0.333. The van der Waals surface area contributed by atoms with Gasteiger partial charge in [0.15, 0.2) is 0 Å². The Bertz CT molecular complexity index is 448. The highest BCUT2D eigenvalue weighted by Crippen LogP contribution is 2.25. The summed E-state index contributed by atoms with van der Waals surface area (Å²) in [6.45, 7) is 1.18. The molecule has 0 fully saturated rings. The molecule has 0 bridgehead atoms. The van der Waals surface area contributed by atoms with Crippen molar-refractivity contribution in [1.29, 1.82) is 0 Å². The number of halogens is 3. The van der Waals surface area contributed by atoms with Gasteiger partial charge in [-0.15, -0.1) is 0 Å². The van der Waals surface area contributed by atoms with Crippen molar-refractivity contribution in [2.75, 3.05) is 0 Å². The largest absolute Gasteiger partial charge is 0.523 e. The second kappa shape index (κ2) is 4.42. The number of hydrogen-bond donors (Lipinski definition) is 0. The van der Waals surface area contributed by atoms with Gasteiger partial charge in [-0.25, -0.2) is 0 Å². The van der Waals surface area contributed by atoms with Crippen LogP contribution in [0.15, 0.2) is 24.3 Å². The summed E-state index contributed by atoms with van der Waals surface area (Å²) in [4.78, 5) is 0. The van der Waals surface area contributed by atoms with Gasteiger partial charge in [-0.05, 0) is 12.5 Å². The molecule has 0 heterocycles. The molecule has 0 unspecified atom stereocenters. The van der Waals surface area contributed by atoms with E-state index in [2.05, 4.69) is 4.18 Å². The quantitative estimate of drug-likeness (QED) is 0.614. The Balaban J connectivity index is 2.69. The van der Waals surface area contributed by atoms with Gasteiger partial charge in [-0.1, -0.05) is 29.8 Å². The minimum Gasteiger partial charge on any atom is -0.258 e. The normalized spacial score (nSPS) is 12.8. The Hall–Kier alpha value is -1.08. The molecule has 0 saturated heterocycles. The van der Waals surface area contributed by atoms with Crippen molar-refractivity contribution in [3.05, 3.63) is 35.4 Å². The van der Waals surface area contributed by atoms with Crippen molar-refractivity contribution in [2.45, 2.75) is 19.0 Å². The van der Waals surface area contributed by atoms with Crippen LogP contribution in [0.4, 0.5) is 13.2 Å². The topological polar surface area (TPSA) is 43.4 Å². The third-order valence-corrected chi connectivity index (χ3v) is 2.78. The highest BCUT2D eigenvalue weighted by molar-refractivity contribution is 7.87. The van der Waals surface area contributed by atoms with Crippen LogP contribution >= 0.6 is 0 Å². The molecule has 90 valence electrons. The minimum absolute atomic E-state index is 0.360. The molecule has 3 nitrogen and oxygen atoms in total. The van der Waals surface area contributed by atoms with E-state index in [9.17, 15) is 21.6 Å². The van der Waals surface area contributed by atoms with E-state index in [1.54, 1.807) is 19.1 Å². The first-order chi connectivity index (χ1) is 7.22. The van der Waals surface area contributed by atoms with Gasteiger partial charge in [0.2, 0.25) is 0 Å². The van der Waals surface area contributed by atoms with Gasteiger partial charge >= 0.3 is 15.6 Å². The Labute approximate surface area is 91.0 Å². The SMILES string of the molecule is Cc1ccc(COS(=O)(=O)C(F)(F)F)cc1. The monoisotopic (exact) mass is 254 g/mol. The molecule has 1 aromatic carbocycles. The second-order valence-corrected chi connectivity index (χ2v) is 4.75. The van der Waals surface area contributed by atoms with Gasteiger partial charge < -0.3 is 0 Å². The van der Waals surface area contributed by atoms with Gasteiger partial charge in [0, 0.05) is 0 Å². The Morgan fingerprint density at radius 2 is 1.69 bits per heavy atom. The van der Waals surface area contributed by atoms with Crippen LogP contribution in [0.2, 0.25) is 0 Å². The maximum Gasteiger partial charge on any atom is 0.523 e. The van der Waals surface area contributed by atoms with Crippen molar-refractivity contribution in [1.82, 2.24) is 0 Å². The van der Waals surface area contributed by atoms with Crippen LogP contribution in [-0.2, 0) is 20.9 Å². The molecule has 0 spiro atoms. The van der Waals surface area contributed by atoms with E-state index in [0.717, 1.165) is 5.56 Å². The Morgan fingerprint density at radius 3 is 2.12 bits per heavy atom. The van der Waals surface area contributed by atoms with E-state index >= 15 is 0 Å². The molecule has 0 aliphatic rings. The summed E-state index contributed by atoms with van der Waals surface area (Å²) in [5.74, 6) is 0. The highest BCUT2D eigenvalue weighted by atomic mass is 32.2. The maximum absolute atomic E-state index is 11.9. The third kappa shape index (κ3) is 3.21.